The van der Waals surface area contributed by atoms with Crippen molar-refractivity contribution in [2.75, 3.05) is 4.90 Å². The highest BCUT2D eigenvalue weighted by Crippen LogP contribution is 2.39. The van der Waals surface area contributed by atoms with E-state index in [0.29, 0.717) is 25.9 Å². The maximum Gasteiger partial charge on any atom is 0.271 e. The van der Waals surface area contributed by atoms with Crippen LogP contribution >= 0.6 is 50.9 Å². The van der Waals surface area contributed by atoms with Gasteiger partial charge in [-0.05, 0) is 85.3 Å². The number of thioether (sulfide) groups is 1. The topological polar surface area (TPSA) is 41.9 Å². The van der Waals surface area contributed by atoms with Crippen LogP contribution in [0.15, 0.2) is 99.3 Å². The molecule has 8 heteroatoms. The Balaban J connectivity index is 1.53. The predicted octanol–water partition coefficient (Wildman–Crippen LogP) is 9.76. The molecule has 0 N–H and O–H groups in total. The summed E-state index contributed by atoms with van der Waals surface area (Å²) in [4.78, 5) is 21.0. The molecule has 39 heavy (non-hydrogen) atoms. The molecule has 1 aliphatic heterocycles. The zero-order valence-corrected chi connectivity index (χ0v) is 25.0. The molecule has 196 valence electrons. The summed E-state index contributed by atoms with van der Waals surface area (Å²) < 4.78 is 7.02. The first kappa shape index (κ1) is 27.5. The third-order valence-corrected chi connectivity index (χ3v) is 8.17. The van der Waals surface area contributed by atoms with Crippen molar-refractivity contribution in [3.8, 4) is 5.75 Å². The van der Waals surface area contributed by atoms with Crippen molar-refractivity contribution in [2.24, 2.45) is 4.99 Å². The van der Waals surface area contributed by atoms with Gasteiger partial charge in [0, 0.05) is 25.6 Å². The Morgan fingerprint density at radius 2 is 1.69 bits per heavy atom. The maximum absolute atomic E-state index is 13.8. The van der Waals surface area contributed by atoms with Crippen LogP contribution in [0.1, 0.15) is 22.3 Å². The standard InChI is InChI=1S/C31H23BrCl2N2O2S/c1-19-7-6-8-20(2)29(19)35-31-36(25-9-4-3-5-10-25)30(37)28(39-31)16-22-15-23(32)12-14-27(22)38-18-21-11-13-24(33)17-26(21)34/h3-17H,18H2,1-2H3. The molecule has 1 aliphatic rings. The fourth-order valence-electron chi connectivity index (χ4n) is 4.13. The molecule has 0 aliphatic carbocycles. The molecule has 0 radical (unpaired) electrons. The molecule has 0 bridgehead atoms. The number of aryl methyl sites for hydroxylation is 2. The number of para-hydroxylation sites is 2. The van der Waals surface area contributed by atoms with Crippen LogP contribution in [0.4, 0.5) is 11.4 Å². The first-order valence-electron chi connectivity index (χ1n) is 12.1. The summed E-state index contributed by atoms with van der Waals surface area (Å²) in [6, 6.07) is 26.6. The van der Waals surface area contributed by atoms with E-state index in [4.69, 9.17) is 32.9 Å². The first-order valence-corrected chi connectivity index (χ1v) is 14.5. The van der Waals surface area contributed by atoms with Gasteiger partial charge in [0.05, 0.1) is 16.3 Å². The van der Waals surface area contributed by atoms with E-state index >= 15 is 0 Å². The SMILES string of the molecule is Cc1cccc(C)c1N=C1SC(=Cc2cc(Br)ccc2OCc2ccc(Cl)cc2Cl)C(=O)N1c1ccccc1. The lowest BCUT2D eigenvalue weighted by Crippen LogP contribution is -2.28. The maximum atomic E-state index is 13.8. The molecule has 1 heterocycles. The van der Waals surface area contributed by atoms with Gasteiger partial charge < -0.3 is 4.74 Å². The molecule has 4 aromatic rings. The van der Waals surface area contributed by atoms with Crippen LogP contribution < -0.4 is 9.64 Å². The zero-order chi connectivity index (χ0) is 27.5. The van der Waals surface area contributed by atoms with Gasteiger partial charge in [0.25, 0.3) is 5.91 Å². The molecule has 0 atom stereocenters. The average molecular weight is 638 g/mol. The monoisotopic (exact) mass is 636 g/mol. The van der Waals surface area contributed by atoms with Crippen molar-refractivity contribution < 1.29 is 9.53 Å². The van der Waals surface area contributed by atoms with E-state index in [9.17, 15) is 4.79 Å². The van der Waals surface area contributed by atoms with Gasteiger partial charge in [-0.2, -0.15) is 0 Å². The van der Waals surface area contributed by atoms with Crippen molar-refractivity contribution in [3.05, 3.63) is 127 Å². The summed E-state index contributed by atoms with van der Waals surface area (Å²) in [5, 5.41) is 1.70. The number of amides is 1. The quantitative estimate of drug-likeness (QED) is 0.198. The third-order valence-electron chi connectivity index (χ3n) is 6.12. The van der Waals surface area contributed by atoms with Gasteiger partial charge in [-0.25, -0.2) is 4.99 Å². The highest BCUT2D eigenvalue weighted by Gasteiger charge is 2.35. The van der Waals surface area contributed by atoms with Crippen LogP contribution in [0.3, 0.4) is 0 Å². The molecular formula is C31H23BrCl2N2O2S. The van der Waals surface area contributed by atoms with Crippen LogP contribution in [0, 0.1) is 13.8 Å². The number of rotatable bonds is 6. The molecule has 4 aromatic carbocycles. The second-order valence-electron chi connectivity index (χ2n) is 8.93. The molecular weight excluding hydrogens is 615 g/mol. The summed E-state index contributed by atoms with van der Waals surface area (Å²) in [7, 11) is 0. The van der Waals surface area contributed by atoms with Gasteiger partial charge >= 0.3 is 0 Å². The van der Waals surface area contributed by atoms with Crippen LogP contribution in [0.25, 0.3) is 6.08 Å². The van der Waals surface area contributed by atoms with E-state index in [1.807, 2.05) is 92.7 Å². The van der Waals surface area contributed by atoms with Gasteiger partial charge in [0.2, 0.25) is 0 Å². The number of nitrogens with zero attached hydrogens (tertiary/aromatic N) is 2. The second kappa shape index (κ2) is 12.0. The number of anilines is 1. The molecule has 0 aromatic heterocycles. The van der Waals surface area contributed by atoms with Gasteiger partial charge in [-0.3, -0.25) is 9.69 Å². The minimum Gasteiger partial charge on any atom is -0.488 e. The molecule has 0 unspecified atom stereocenters. The van der Waals surface area contributed by atoms with E-state index in [2.05, 4.69) is 15.9 Å². The molecule has 5 rings (SSSR count). The van der Waals surface area contributed by atoms with Crippen molar-refractivity contribution in [1.29, 1.82) is 0 Å². The highest BCUT2D eigenvalue weighted by atomic mass is 79.9. The lowest BCUT2D eigenvalue weighted by Gasteiger charge is -2.16. The van der Waals surface area contributed by atoms with E-state index in [-0.39, 0.29) is 12.5 Å². The number of benzene rings is 4. The Hall–Kier alpha value is -3.03. The van der Waals surface area contributed by atoms with E-state index in [1.165, 1.54) is 11.8 Å². The summed E-state index contributed by atoms with van der Waals surface area (Å²) >= 11 is 17.3. The van der Waals surface area contributed by atoms with Crippen molar-refractivity contribution in [2.45, 2.75) is 20.5 Å². The number of carbonyl (C=O) groups excluding carboxylic acids is 1. The normalized spacial score (nSPS) is 15.4. The molecule has 4 nitrogen and oxygen atoms in total. The van der Waals surface area contributed by atoms with Crippen LogP contribution in [-0.4, -0.2) is 11.1 Å². The van der Waals surface area contributed by atoms with Crippen molar-refractivity contribution in [3.63, 3.8) is 0 Å². The minimum absolute atomic E-state index is 0.150. The Morgan fingerprint density at radius 1 is 0.949 bits per heavy atom. The molecule has 1 saturated heterocycles. The van der Waals surface area contributed by atoms with Crippen LogP contribution in [0.2, 0.25) is 10.0 Å². The first-order chi connectivity index (χ1) is 18.8. The van der Waals surface area contributed by atoms with Gasteiger partial charge in [-0.15, -0.1) is 0 Å². The highest BCUT2D eigenvalue weighted by molar-refractivity contribution is 9.10. The number of hydrogen-bond acceptors (Lipinski definition) is 4. The number of ether oxygens (including phenoxy) is 1. The molecule has 0 spiro atoms. The minimum atomic E-state index is -0.150. The Morgan fingerprint density at radius 3 is 2.41 bits per heavy atom. The fourth-order valence-corrected chi connectivity index (χ4v) is 5.95. The second-order valence-corrected chi connectivity index (χ2v) is 11.7. The molecule has 1 amide bonds. The smallest absolute Gasteiger partial charge is 0.271 e. The number of amidine groups is 1. The molecule has 0 saturated carbocycles. The number of carbonyl (C=O) groups is 1. The largest absolute Gasteiger partial charge is 0.488 e. The van der Waals surface area contributed by atoms with Crippen LogP contribution in [-0.2, 0) is 11.4 Å². The van der Waals surface area contributed by atoms with E-state index in [0.717, 1.165) is 38.1 Å². The summed E-state index contributed by atoms with van der Waals surface area (Å²) in [6.45, 7) is 4.30. The van der Waals surface area contributed by atoms with Gasteiger partial charge in [0.1, 0.15) is 12.4 Å². The van der Waals surface area contributed by atoms with Gasteiger partial charge in [-0.1, -0.05) is 81.6 Å². The summed E-state index contributed by atoms with van der Waals surface area (Å²) in [6.07, 6.45) is 1.85. The summed E-state index contributed by atoms with van der Waals surface area (Å²) in [5.41, 5.74) is 5.28. The lowest BCUT2D eigenvalue weighted by atomic mass is 10.1. The van der Waals surface area contributed by atoms with Gasteiger partial charge in [0.15, 0.2) is 5.17 Å². The van der Waals surface area contributed by atoms with Crippen molar-refractivity contribution >= 4 is 79.4 Å². The lowest BCUT2D eigenvalue weighted by molar-refractivity contribution is -0.113. The Kier molecular flexibility index (Phi) is 8.48. The van der Waals surface area contributed by atoms with E-state index in [1.54, 1.807) is 17.0 Å². The van der Waals surface area contributed by atoms with Crippen molar-refractivity contribution in [1.82, 2.24) is 0 Å². The summed E-state index contributed by atoms with van der Waals surface area (Å²) in [5.74, 6) is 0.472. The number of hydrogen-bond donors (Lipinski definition) is 0. The third kappa shape index (κ3) is 6.25. The Bertz CT molecular complexity index is 1600. The van der Waals surface area contributed by atoms with E-state index < -0.39 is 0 Å². The Labute approximate surface area is 250 Å². The zero-order valence-electron chi connectivity index (χ0n) is 21.1. The number of halogens is 3. The predicted molar refractivity (Wildman–Crippen MR) is 167 cm³/mol. The fraction of sp³-hybridized carbons (Fsp3) is 0.0968. The number of aliphatic imine (C=N–C) groups is 1. The molecule has 1 fully saturated rings. The average Bonchev–Trinajstić information content (AvgIpc) is 3.21. The van der Waals surface area contributed by atoms with Crippen LogP contribution in [0.5, 0.6) is 5.75 Å².